The molecule has 0 aliphatic heterocycles. The zero-order valence-corrected chi connectivity index (χ0v) is 13.8. The van der Waals surface area contributed by atoms with Gasteiger partial charge in [-0.25, -0.2) is 0 Å². The van der Waals surface area contributed by atoms with E-state index in [-0.39, 0.29) is 5.91 Å². The lowest BCUT2D eigenvalue weighted by Gasteiger charge is -2.12. The molecule has 0 saturated carbocycles. The Labute approximate surface area is 132 Å². The zero-order valence-electron chi connectivity index (χ0n) is 11.4. The van der Waals surface area contributed by atoms with Gasteiger partial charge in [0.2, 0.25) is 0 Å². The molecule has 1 N–H and O–H groups in total. The summed E-state index contributed by atoms with van der Waals surface area (Å²) >= 11 is 5.03. The summed E-state index contributed by atoms with van der Waals surface area (Å²) in [5.41, 5.74) is 2.70. The van der Waals surface area contributed by atoms with E-state index in [0.717, 1.165) is 27.0 Å². The third-order valence-corrected chi connectivity index (χ3v) is 4.34. The summed E-state index contributed by atoms with van der Waals surface area (Å²) in [6.07, 6.45) is 2.85. The topological polar surface area (TPSA) is 29.1 Å². The van der Waals surface area contributed by atoms with Crippen LogP contribution < -0.4 is 5.32 Å². The van der Waals surface area contributed by atoms with Crippen molar-refractivity contribution in [3.05, 3.63) is 58.1 Å². The molecular weight excluding hydrogens is 334 g/mol. The summed E-state index contributed by atoms with van der Waals surface area (Å²) < 4.78 is 1.02. The maximum atomic E-state index is 12.4. The second-order valence-electron chi connectivity index (χ2n) is 4.31. The minimum atomic E-state index is -0.0630. The van der Waals surface area contributed by atoms with Gasteiger partial charge >= 0.3 is 0 Å². The molecule has 0 spiro atoms. The summed E-state index contributed by atoms with van der Waals surface area (Å²) in [7, 11) is 0. The summed E-state index contributed by atoms with van der Waals surface area (Å²) in [6.45, 7) is 2.08. The van der Waals surface area contributed by atoms with Crippen molar-refractivity contribution in [3.8, 4) is 0 Å². The van der Waals surface area contributed by atoms with Gasteiger partial charge in [-0.15, -0.1) is 11.8 Å². The van der Waals surface area contributed by atoms with Crippen LogP contribution in [0.1, 0.15) is 22.8 Å². The van der Waals surface area contributed by atoms with Gasteiger partial charge in [-0.3, -0.25) is 4.79 Å². The number of nitrogens with one attached hydrogen (secondary N) is 1. The number of benzene rings is 2. The molecule has 20 heavy (non-hydrogen) atoms. The molecule has 0 aliphatic carbocycles. The van der Waals surface area contributed by atoms with Gasteiger partial charge in [-0.05, 0) is 48.6 Å². The van der Waals surface area contributed by atoms with Crippen LogP contribution in [0.25, 0.3) is 0 Å². The fourth-order valence-corrected chi connectivity index (χ4v) is 3.00. The van der Waals surface area contributed by atoms with Crippen LogP contribution in [0.15, 0.2) is 51.8 Å². The summed E-state index contributed by atoms with van der Waals surface area (Å²) in [4.78, 5) is 13.4. The highest BCUT2D eigenvalue weighted by atomic mass is 79.9. The molecule has 0 atom stereocenters. The van der Waals surface area contributed by atoms with Crippen molar-refractivity contribution in [1.29, 1.82) is 0 Å². The molecule has 0 heterocycles. The van der Waals surface area contributed by atoms with E-state index in [9.17, 15) is 4.79 Å². The lowest BCUT2D eigenvalue weighted by atomic mass is 10.1. The molecule has 0 aliphatic rings. The predicted molar refractivity (Wildman–Crippen MR) is 89.7 cm³/mol. The van der Waals surface area contributed by atoms with Crippen molar-refractivity contribution in [2.45, 2.75) is 18.2 Å². The first-order valence-electron chi connectivity index (χ1n) is 6.38. The summed E-state index contributed by atoms with van der Waals surface area (Å²) in [6, 6.07) is 13.6. The van der Waals surface area contributed by atoms with Gasteiger partial charge in [0, 0.05) is 15.1 Å². The number of anilines is 1. The zero-order chi connectivity index (χ0) is 14.5. The molecule has 0 bridgehead atoms. The second kappa shape index (κ2) is 6.95. The highest BCUT2D eigenvalue weighted by Crippen LogP contribution is 2.24. The summed E-state index contributed by atoms with van der Waals surface area (Å²) in [5.74, 6) is -0.0630. The molecule has 0 saturated heterocycles. The van der Waals surface area contributed by atoms with Crippen molar-refractivity contribution in [2.75, 3.05) is 11.6 Å². The van der Waals surface area contributed by atoms with Gasteiger partial charge in [0.1, 0.15) is 0 Å². The second-order valence-corrected chi connectivity index (χ2v) is 6.07. The number of halogens is 1. The number of thioether (sulfide) groups is 1. The molecule has 0 unspecified atom stereocenters. The molecule has 2 nitrogen and oxygen atoms in total. The fourth-order valence-electron chi connectivity index (χ4n) is 2.00. The van der Waals surface area contributed by atoms with Gasteiger partial charge in [-0.1, -0.05) is 35.0 Å². The van der Waals surface area contributed by atoms with Crippen molar-refractivity contribution >= 4 is 39.3 Å². The van der Waals surface area contributed by atoms with E-state index in [1.165, 1.54) is 0 Å². The van der Waals surface area contributed by atoms with E-state index in [1.807, 2.05) is 48.7 Å². The van der Waals surface area contributed by atoms with Crippen LogP contribution in [0.3, 0.4) is 0 Å². The number of hydrogen-bond acceptors (Lipinski definition) is 2. The third kappa shape index (κ3) is 3.44. The van der Waals surface area contributed by atoms with E-state index in [2.05, 4.69) is 28.2 Å². The minimum Gasteiger partial charge on any atom is -0.322 e. The number of amides is 1. The van der Waals surface area contributed by atoms with Crippen molar-refractivity contribution in [2.24, 2.45) is 0 Å². The largest absolute Gasteiger partial charge is 0.322 e. The Balaban J connectivity index is 2.28. The van der Waals surface area contributed by atoms with Gasteiger partial charge in [-0.2, -0.15) is 0 Å². The Bertz CT molecular complexity index is 628. The summed E-state index contributed by atoms with van der Waals surface area (Å²) in [5, 5.41) is 3.01. The molecule has 104 valence electrons. The molecule has 4 heteroatoms. The van der Waals surface area contributed by atoms with Crippen LogP contribution in [-0.2, 0) is 6.42 Å². The average molecular weight is 350 g/mol. The number of hydrogen-bond donors (Lipinski definition) is 1. The quantitative estimate of drug-likeness (QED) is 0.788. The number of rotatable bonds is 4. The van der Waals surface area contributed by atoms with Crippen LogP contribution in [-0.4, -0.2) is 12.2 Å². The number of carbonyl (C=O) groups is 1. The lowest BCUT2D eigenvalue weighted by molar-refractivity contribution is 0.102. The molecule has 0 aromatic heterocycles. The predicted octanol–water partition coefficient (Wildman–Crippen LogP) is 4.99. The first-order valence-corrected chi connectivity index (χ1v) is 8.40. The third-order valence-electron chi connectivity index (χ3n) is 3.05. The SMILES string of the molecule is CCc1cc(Br)ccc1NC(=O)c1ccccc1SC. The van der Waals surface area contributed by atoms with Gasteiger partial charge in [0.15, 0.2) is 0 Å². The van der Waals surface area contributed by atoms with Crippen LogP contribution in [0, 0.1) is 0 Å². The van der Waals surface area contributed by atoms with Crippen LogP contribution in [0.4, 0.5) is 5.69 Å². The first kappa shape index (κ1) is 15.1. The Hall–Kier alpha value is -1.26. The smallest absolute Gasteiger partial charge is 0.256 e. The van der Waals surface area contributed by atoms with Crippen LogP contribution in [0.2, 0.25) is 0 Å². The standard InChI is InChI=1S/C16H16BrNOS/c1-3-11-10-12(17)8-9-14(11)18-16(19)13-6-4-5-7-15(13)20-2/h4-10H,3H2,1-2H3,(H,18,19). The Morgan fingerprint density at radius 1 is 1.25 bits per heavy atom. The Morgan fingerprint density at radius 3 is 2.70 bits per heavy atom. The van der Waals surface area contributed by atoms with E-state index < -0.39 is 0 Å². The average Bonchev–Trinajstić information content (AvgIpc) is 2.48. The highest BCUT2D eigenvalue weighted by Gasteiger charge is 2.12. The normalized spacial score (nSPS) is 10.3. The molecular formula is C16H16BrNOS. The van der Waals surface area contributed by atoms with Crippen molar-refractivity contribution in [3.63, 3.8) is 0 Å². The molecule has 0 radical (unpaired) electrons. The van der Waals surface area contributed by atoms with E-state index in [0.29, 0.717) is 5.56 Å². The maximum Gasteiger partial charge on any atom is 0.256 e. The molecule has 2 rings (SSSR count). The van der Waals surface area contributed by atoms with Crippen molar-refractivity contribution in [1.82, 2.24) is 0 Å². The maximum absolute atomic E-state index is 12.4. The van der Waals surface area contributed by atoms with E-state index in [1.54, 1.807) is 11.8 Å². The number of aryl methyl sites for hydroxylation is 1. The van der Waals surface area contributed by atoms with Gasteiger partial charge < -0.3 is 5.32 Å². The van der Waals surface area contributed by atoms with Gasteiger partial charge in [0.25, 0.3) is 5.91 Å². The molecule has 2 aromatic rings. The fraction of sp³-hybridized carbons (Fsp3) is 0.188. The highest BCUT2D eigenvalue weighted by molar-refractivity contribution is 9.10. The van der Waals surface area contributed by atoms with E-state index in [4.69, 9.17) is 0 Å². The Morgan fingerprint density at radius 2 is 2.00 bits per heavy atom. The minimum absolute atomic E-state index is 0.0630. The van der Waals surface area contributed by atoms with Crippen LogP contribution in [0.5, 0.6) is 0 Å². The van der Waals surface area contributed by atoms with Crippen molar-refractivity contribution < 1.29 is 4.79 Å². The molecule has 1 amide bonds. The molecule has 2 aromatic carbocycles. The number of carbonyl (C=O) groups excluding carboxylic acids is 1. The first-order chi connectivity index (χ1) is 9.65. The monoisotopic (exact) mass is 349 g/mol. The van der Waals surface area contributed by atoms with Gasteiger partial charge in [0.05, 0.1) is 5.56 Å². The lowest BCUT2D eigenvalue weighted by Crippen LogP contribution is -2.14. The van der Waals surface area contributed by atoms with E-state index >= 15 is 0 Å². The molecule has 0 fully saturated rings. The Kier molecular flexibility index (Phi) is 5.26. The van der Waals surface area contributed by atoms with Crippen LogP contribution >= 0.6 is 27.7 Å².